The molecule has 0 spiro atoms. The molecule has 0 aliphatic carbocycles. The van der Waals surface area contributed by atoms with E-state index in [1.54, 1.807) is 18.2 Å². The number of aromatic nitrogens is 1. The minimum absolute atomic E-state index is 0.0626. The number of nitrogens with zero attached hydrogens (tertiary/aromatic N) is 1. The van der Waals surface area contributed by atoms with Crippen molar-refractivity contribution in [2.24, 2.45) is 7.05 Å². The van der Waals surface area contributed by atoms with Gasteiger partial charge in [-0.05, 0) is 57.5 Å². The highest BCUT2D eigenvalue weighted by Crippen LogP contribution is 2.37. The Labute approximate surface area is 176 Å². The summed E-state index contributed by atoms with van der Waals surface area (Å²) in [5.74, 6) is 0.0430. The van der Waals surface area contributed by atoms with E-state index < -0.39 is 5.97 Å². The molecule has 0 bridgehead atoms. The van der Waals surface area contributed by atoms with Gasteiger partial charge in [0.05, 0.1) is 18.2 Å². The summed E-state index contributed by atoms with van der Waals surface area (Å²) in [5.41, 5.74) is 3.00. The lowest BCUT2D eigenvalue weighted by Gasteiger charge is -2.15. The van der Waals surface area contributed by atoms with Crippen LogP contribution in [0.4, 0.5) is 0 Å². The quantitative estimate of drug-likeness (QED) is 0.357. The molecule has 156 valence electrons. The van der Waals surface area contributed by atoms with E-state index in [1.807, 2.05) is 39.3 Å². The monoisotopic (exact) mass is 419 g/mol. The van der Waals surface area contributed by atoms with Gasteiger partial charge in [0, 0.05) is 30.1 Å². The predicted octanol–water partition coefficient (Wildman–Crippen LogP) is 4.53. The highest BCUT2D eigenvalue weighted by atomic mass is 35.5. The fraction of sp³-hybridized carbons (Fsp3) is 0.364. The van der Waals surface area contributed by atoms with Crippen LogP contribution in [0.25, 0.3) is 6.08 Å². The summed E-state index contributed by atoms with van der Waals surface area (Å²) in [6, 6.07) is 5.15. The van der Waals surface area contributed by atoms with Crippen molar-refractivity contribution >= 4 is 29.4 Å². The Morgan fingerprint density at radius 3 is 2.45 bits per heavy atom. The first-order chi connectivity index (χ1) is 13.6. The predicted molar refractivity (Wildman–Crippen MR) is 113 cm³/mol. The standard InChI is InChI=1S/C22H26ClNO5/c1-13(2)29-22-18(23)10-16(11-20(22)27-6)7-8-21(26)28-12-19(25)17-9-14(3)24(5)15(17)4/h7-11,13H,12H2,1-6H3/b8-7+. The van der Waals surface area contributed by atoms with Crippen molar-refractivity contribution in [3.05, 3.63) is 51.8 Å². The van der Waals surface area contributed by atoms with Crippen LogP contribution in [0, 0.1) is 13.8 Å². The molecule has 0 fully saturated rings. The first-order valence-electron chi connectivity index (χ1n) is 9.19. The number of hydrogen-bond acceptors (Lipinski definition) is 5. The molecule has 6 nitrogen and oxygen atoms in total. The van der Waals surface area contributed by atoms with Crippen molar-refractivity contribution in [3.63, 3.8) is 0 Å². The van der Waals surface area contributed by atoms with E-state index in [-0.39, 0.29) is 18.5 Å². The van der Waals surface area contributed by atoms with Gasteiger partial charge >= 0.3 is 5.97 Å². The van der Waals surface area contributed by atoms with Crippen LogP contribution in [0.15, 0.2) is 24.3 Å². The Kier molecular flexibility index (Phi) is 7.51. The molecule has 0 atom stereocenters. The van der Waals surface area contributed by atoms with Crippen molar-refractivity contribution in [2.45, 2.75) is 33.8 Å². The molecule has 0 amide bonds. The van der Waals surface area contributed by atoms with Gasteiger partial charge in [-0.2, -0.15) is 0 Å². The van der Waals surface area contributed by atoms with Crippen LogP contribution in [0.2, 0.25) is 5.02 Å². The summed E-state index contributed by atoms with van der Waals surface area (Å²) in [6.45, 7) is 7.22. The normalized spacial score (nSPS) is 11.2. The first kappa shape index (κ1) is 22.6. The number of ether oxygens (including phenoxy) is 3. The maximum Gasteiger partial charge on any atom is 0.331 e. The smallest absolute Gasteiger partial charge is 0.331 e. The zero-order valence-corrected chi connectivity index (χ0v) is 18.3. The average molecular weight is 420 g/mol. The zero-order valence-electron chi connectivity index (χ0n) is 17.5. The molecular formula is C22H26ClNO5. The lowest BCUT2D eigenvalue weighted by molar-refractivity contribution is -0.136. The maximum atomic E-state index is 12.3. The van der Waals surface area contributed by atoms with Gasteiger partial charge in [0.15, 0.2) is 18.1 Å². The third kappa shape index (κ3) is 5.64. The van der Waals surface area contributed by atoms with Crippen molar-refractivity contribution in [3.8, 4) is 11.5 Å². The van der Waals surface area contributed by atoms with Crippen molar-refractivity contribution in [1.82, 2.24) is 4.57 Å². The third-order valence-electron chi connectivity index (χ3n) is 4.44. The summed E-state index contributed by atoms with van der Waals surface area (Å²) in [7, 11) is 3.40. The minimum Gasteiger partial charge on any atom is -0.493 e. The van der Waals surface area contributed by atoms with Gasteiger partial charge in [-0.1, -0.05) is 11.6 Å². The van der Waals surface area contributed by atoms with Gasteiger partial charge < -0.3 is 18.8 Å². The molecule has 2 aromatic rings. The molecule has 0 unspecified atom stereocenters. The summed E-state index contributed by atoms with van der Waals surface area (Å²) in [4.78, 5) is 24.3. The third-order valence-corrected chi connectivity index (χ3v) is 4.72. The number of benzene rings is 1. The van der Waals surface area contributed by atoms with Crippen LogP contribution in [0.1, 0.15) is 41.2 Å². The topological polar surface area (TPSA) is 66.8 Å². The second kappa shape index (κ2) is 9.65. The number of carbonyl (C=O) groups excluding carboxylic acids is 2. The number of rotatable bonds is 8. The van der Waals surface area contributed by atoms with Crippen molar-refractivity contribution < 1.29 is 23.8 Å². The van der Waals surface area contributed by atoms with Crippen LogP contribution in [0.5, 0.6) is 11.5 Å². The van der Waals surface area contributed by atoms with Gasteiger partial charge in [0.25, 0.3) is 0 Å². The molecule has 29 heavy (non-hydrogen) atoms. The molecule has 0 saturated carbocycles. The Balaban J connectivity index is 2.04. The number of esters is 1. The summed E-state index contributed by atoms with van der Waals surface area (Å²) in [6.07, 6.45) is 2.72. The molecule has 0 N–H and O–H groups in total. The fourth-order valence-corrected chi connectivity index (χ4v) is 3.01. The number of carbonyl (C=O) groups is 2. The number of methoxy groups -OCH3 is 1. The van der Waals surface area contributed by atoms with Gasteiger partial charge in [-0.3, -0.25) is 4.79 Å². The van der Waals surface area contributed by atoms with Crippen LogP contribution in [-0.2, 0) is 16.6 Å². The fourth-order valence-electron chi connectivity index (χ4n) is 2.75. The Morgan fingerprint density at radius 1 is 1.21 bits per heavy atom. The van der Waals surface area contributed by atoms with E-state index >= 15 is 0 Å². The highest BCUT2D eigenvalue weighted by Gasteiger charge is 2.16. The van der Waals surface area contributed by atoms with E-state index in [1.165, 1.54) is 19.3 Å². The largest absolute Gasteiger partial charge is 0.493 e. The van der Waals surface area contributed by atoms with Gasteiger partial charge in [0.1, 0.15) is 0 Å². The van der Waals surface area contributed by atoms with E-state index in [0.717, 1.165) is 11.4 Å². The number of halogens is 1. The average Bonchev–Trinajstić information content (AvgIpc) is 2.93. The molecule has 1 heterocycles. The van der Waals surface area contributed by atoms with Gasteiger partial charge in [-0.25, -0.2) is 4.79 Å². The van der Waals surface area contributed by atoms with Crippen LogP contribution < -0.4 is 9.47 Å². The second-order valence-electron chi connectivity index (χ2n) is 6.91. The maximum absolute atomic E-state index is 12.3. The number of ketones is 1. The lowest BCUT2D eigenvalue weighted by atomic mass is 10.1. The SMILES string of the molecule is COc1cc(/C=C/C(=O)OCC(=O)c2cc(C)n(C)c2C)cc(Cl)c1OC(C)C. The van der Waals surface area contributed by atoms with Crippen LogP contribution in [-0.4, -0.2) is 36.1 Å². The second-order valence-corrected chi connectivity index (χ2v) is 7.32. The van der Waals surface area contributed by atoms with E-state index in [0.29, 0.717) is 27.6 Å². The number of Topliss-reactive ketones (excluding diaryl/α,β-unsaturated/α-hetero) is 1. The first-order valence-corrected chi connectivity index (χ1v) is 9.57. The van der Waals surface area contributed by atoms with Crippen LogP contribution in [0.3, 0.4) is 0 Å². The summed E-state index contributed by atoms with van der Waals surface area (Å²) >= 11 is 6.27. The minimum atomic E-state index is -0.624. The molecular weight excluding hydrogens is 394 g/mol. The number of aryl methyl sites for hydroxylation is 1. The van der Waals surface area contributed by atoms with Crippen molar-refractivity contribution in [2.75, 3.05) is 13.7 Å². The molecule has 1 aromatic carbocycles. The summed E-state index contributed by atoms with van der Waals surface area (Å²) < 4.78 is 18.0. The van der Waals surface area contributed by atoms with Gasteiger partial charge in [0.2, 0.25) is 5.78 Å². The Morgan fingerprint density at radius 2 is 1.90 bits per heavy atom. The molecule has 7 heteroatoms. The van der Waals surface area contributed by atoms with E-state index in [2.05, 4.69) is 0 Å². The molecule has 0 saturated heterocycles. The zero-order chi connectivity index (χ0) is 21.7. The van der Waals surface area contributed by atoms with Gasteiger partial charge in [-0.15, -0.1) is 0 Å². The Bertz CT molecular complexity index is 943. The molecule has 0 aliphatic rings. The van der Waals surface area contributed by atoms with Crippen LogP contribution >= 0.6 is 11.6 Å². The van der Waals surface area contributed by atoms with Crippen molar-refractivity contribution in [1.29, 1.82) is 0 Å². The summed E-state index contributed by atoms with van der Waals surface area (Å²) in [5, 5.41) is 0.371. The van der Waals surface area contributed by atoms with E-state index in [4.69, 9.17) is 25.8 Å². The molecule has 0 aliphatic heterocycles. The van der Waals surface area contributed by atoms with E-state index in [9.17, 15) is 9.59 Å². The lowest BCUT2D eigenvalue weighted by Crippen LogP contribution is -2.13. The molecule has 2 rings (SSSR count). The highest BCUT2D eigenvalue weighted by molar-refractivity contribution is 6.32. The molecule has 1 aromatic heterocycles. The number of hydrogen-bond donors (Lipinski definition) is 0. The Hall–Kier alpha value is -2.73. The molecule has 0 radical (unpaired) electrons.